The number of hydrogen-bond acceptors (Lipinski definition) is 2. The second-order valence-electron chi connectivity index (χ2n) is 5.71. The van der Waals surface area contributed by atoms with Gasteiger partial charge in [-0.25, -0.2) is 4.68 Å². The van der Waals surface area contributed by atoms with E-state index in [1.807, 2.05) is 0 Å². The zero-order valence-corrected chi connectivity index (χ0v) is 15.3. The molecule has 2 aromatic carbocycles. The first-order chi connectivity index (χ1) is 12.7. The molecule has 3 aromatic rings. The minimum absolute atomic E-state index is 0.133. The largest absolute Gasteiger partial charge is 0.434 e. The van der Waals surface area contributed by atoms with Crippen molar-refractivity contribution in [2.24, 2.45) is 0 Å². The van der Waals surface area contributed by atoms with Crippen LogP contribution in [0.1, 0.15) is 21.6 Å². The average Bonchev–Trinajstić information content (AvgIpc) is 3.03. The number of anilines is 1. The number of carbonyl (C=O) groups is 1. The summed E-state index contributed by atoms with van der Waals surface area (Å²) in [6, 6.07) is 10.3. The van der Waals surface area contributed by atoms with Crippen molar-refractivity contribution in [2.45, 2.75) is 13.1 Å². The van der Waals surface area contributed by atoms with E-state index in [-0.39, 0.29) is 5.69 Å². The van der Waals surface area contributed by atoms with Gasteiger partial charge in [0.1, 0.15) is 0 Å². The van der Waals surface area contributed by atoms with E-state index in [2.05, 4.69) is 10.4 Å². The van der Waals surface area contributed by atoms with E-state index in [0.29, 0.717) is 26.0 Å². The van der Waals surface area contributed by atoms with E-state index in [9.17, 15) is 18.0 Å². The van der Waals surface area contributed by atoms with Crippen molar-refractivity contribution < 1.29 is 18.0 Å². The molecule has 0 saturated carbocycles. The lowest BCUT2D eigenvalue weighted by Crippen LogP contribution is -2.21. The topological polar surface area (TPSA) is 46.9 Å². The van der Waals surface area contributed by atoms with Crippen LogP contribution in [0.15, 0.2) is 48.7 Å². The van der Waals surface area contributed by atoms with Gasteiger partial charge in [0.15, 0.2) is 5.69 Å². The molecule has 0 aliphatic carbocycles. The first-order valence-corrected chi connectivity index (χ1v) is 8.41. The molecule has 1 amide bonds. The van der Waals surface area contributed by atoms with Crippen LogP contribution >= 0.6 is 23.2 Å². The number of alkyl halides is 3. The summed E-state index contributed by atoms with van der Waals surface area (Å²) in [6.45, 7) is 1.68. The average molecular weight is 414 g/mol. The van der Waals surface area contributed by atoms with E-state index >= 15 is 0 Å². The Morgan fingerprint density at radius 1 is 1.07 bits per heavy atom. The minimum atomic E-state index is -4.79. The van der Waals surface area contributed by atoms with Crippen LogP contribution in [0.4, 0.5) is 18.9 Å². The summed E-state index contributed by atoms with van der Waals surface area (Å²) in [5.41, 5.74) is -0.652. The Hall–Kier alpha value is -2.51. The van der Waals surface area contributed by atoms with Crippen LogP contribution in [-0.4, -0.2) is 15.7 Å². The fourth-order valence-corrected chi connectivity index (χ4v) is 2.88. The number of halogens is 5. The SMILES string of the molecule is Cc1cc(Cl)ccc1NC(=O)c1cnn(-c2ccc(Cl)cc2)c1C(F)(F)F. The maximum absolute atomic E-state index is 13.7. The van der Waals surface area contributed by atoms with Crippen LogP contribution < -0.4 is 5.32 Å². The molecule has 0 fully saturated rings. The molecule has 0 unspecified atom stereocenters. The Balaban J connectivity index is 2.02. The Bertz CT molecular complexity index is 998. The summed E-state index contributed by atoms with van der Waals surface area (Å²) in [7, 11) is 0. The van der Waals surface area contributed by atoms with E-state index in [0.717, 1.165) is 6.20 Å². The lowest BCUT2D eigenvalue weighted by Gasteiger charge is -2.13. The maximum atomic E-state index is 13.7. The fraction of sp³-hybridized carbons (Fsp3) is 0.111. The minimum Gasteiger partial charge on any atom is -0.322 e. The molecule has 0 aliphatic rings. The van der Waals surface area contributed by atoms with Gasteiger partial charge in [-0.15, -0.1) is 0 Å². The van der Waals surface area contributed by atoms with Crippen molar-refractivity contribution in [1.82, 2.24) is 9.78 Å². The van der Waals surface area contributed by atoms with Crippen molar-refractivity contribution in [3.05, 3.63) is 75.5 Å². The molecule has 0 spiro atoms. The molecule has 0 aliphatic heterocycles. The van der Waals surface area contributed by atoms with Gasteiger partial charge >= 0.3 is 6.18 Å². The van der Waals surface area contributed by atoms with E-state index < -0.39 is 23.3 Å². The van der Waals surface area contributed by atoms with Gasteiger partial charge in [0, 0.05) is 15.7 Å². The zero-order chi connectivity index (χ0) is 19.8. The number of aryl methyl sites for hydroxylation is 1. The fourth-order valence-electron chi connectivity index (χ4n) is 2.52. The zero-order valence-electron chi connectivity index (χ0n) is 13.8. The monoisotopic (exact) mass is 413 g/mol. The summed E-state index contributed by atoms with van der Waals surface area (Å²) >= 11 is 11.6. The third-order valence-corrected chi connectivity index (χ3v) is 4.28. The molecule has 0 bridgehead atoms. The molecule has 1 heterocycles. The predicted molar refractivity (Wildman–Crippen MR) is 97.7 cm³/mol. The second-order valence-corrected chi connectivity index (χ2v) is 6.58. The van der Waals surface area contributed by atoms with Crippen LogP contribution in [0.2, 0.25) is 10.0 Å². The number of hydrogen-bond donors (Lipinski definition) is 1. The van der Waals surface area contributed by atoms with Crippen LogP contribution in [0.25, 0.3) is 5.69 Å². The Kier molecular flexibility index (Phi) is 5.17. The highest BCUT2D eigenvalue weighted by atomic mass is 35.5. The highest BCUT2D eigenvalue weighted by Gasteiger charge is 2.40. The summed E-state index contributed by atoms with van der Waals surface area (Å²) in [6.07, 6.45) is -3.91. The summed E-state index contributed by atoms with van der Waals surface area (Å²) in [5, 5.41) is 7.05. The standard InChI is InChI=1S/C18H12Cl2F3N3O/c1-10-8-12(20)4-7-15(10)25-17(27)14-9-24-26(16(14)18(21,22)23)13-5-2-11(19)3-6-13/h2-9H,1H3,(H,25,27). The van der Waals surface area contributed by atoms with Crippen molar-refractivity contribution in [3.8, 4) is 5.69 Å². The van der Waals surface area contributed by atoms with Gasteiger partial charge in [0.2, 0.25) is 0 Å². The quantitative estimate of drug-likeness (QED) is 0.593. The smallest absolute Gasteiger partial charge is 0.322 e. The second kappa shape index (κ2) is 7.25. The van der Waals surface area contributed by atoms with Crippen molar-refractivity contribution in [1.29, 1.82) is 0 Å². The van der Waals surface area contributed by atoms with Gasteiger partial charge in [0.25, 0.3) is 5.91 Å². The van der Waals surface area contributed by atoms with Gasteiger partial charge < -0.3 is 5.32 Å². The van der Waals surface area contributed by atoms with Gasteiger partial charge in [-0.1, -0.05) is 23.2 Å². The summed E-state index contributed by atoms with van der Waals surface area (Å²) < 4.78 is 41.6. The van der Waals surface area contributed by atoms with Crippen LogP contribution in [0, 0.1) is 6.92 Å². The predicted octanol–water partition coefficient (Wildman–Crippen LogP) is 5.76. The number of amides is 1. The summed E-state index contributed by atoms with van der Waals surface area (Å²) in [4.78, 5) is 12.5. The van der Waals surface area contributed by atoms with Gasteiger partial charge in [-0.2, -0.15) is 18.3 Å². The molecular formula is C18H12Cl2F3N3O. The molecule has 9 heteroatoms. The van der Waals surface area contributed by atoms with Crippen molar-refractivity contribution in [3.63, 3.8) is 0 Å². The molecule has 0 saturated heterocycles. The molecule has 1 N–H and O–H groups in total. The van der Waals surface area contributed by atoms with Gasteiger partial charge in [-0.3, -0.25) is 4.79 Å². The van der Waals surface area contributed by atoms with E-state index in [4.69, 9.17) is 23.2 Å². The van der Waals surface area contributed by atoms with Gasteiger partial charge in [-0.05, 0) is 55.0 Å². The molecule has 1 aromatic heterocycles. The number of rotatable bonds is 3. The number of aromatic nitrogens is 2. The van der Waals surface area contributed by atoms with Crippen LogP contribution in [0.3, 0.4) is 0 Å². The third-order valence-electron chi connectivity index (χ3n) is 3.79. The Morgan fingerprint density at radius 2 is 1.70 bits per heavy atom. The van der Waals surface area contributed by atoms with Crippen molar-refractivity contribution >= 4 is 34.8 Å². The first-order valence-electron chi connectivity index (χ1n) is 7.65. The molecule has 4 nitrogen and oxygen atoms in total. The van der Waals surface area contributed by atoms with Gasteiger partial charge in [0.05, 0.1) is 17.4 Å². The van der Waals surface area contributed by atoms with Crippen LogP contribution in [0.5, 0.6) is 0 Å². The molecule has 0 radical (unpaired) electrons. The van der Waals surface area contributed by atoms with E-state index in [1.165, 1.54) is 36.4 Å². The maximum Gasteiger partial charge on any atom is 0.434 e. The molecular weight excluding hydrogens is 402 g/mol. The molecule has 27 heavy (non-hydrogen) atoms. The summed E-state index contributed by atoms with van der Waals surface area (Å²) in [5.74, 6) is -0.923. The number of nitrogens with zero attached hydrogens (tertiary/aromatic N) is 2. The lowest BCUT2D eigenvalue weighted by molar-refractivity contribution is -0.143. The van der Waals surface area contributed by atoms with Crippen molar-refractivity contribution in [2.75, 3.05) is 5.32 Å². The van der Waals surface area contributed by atoms with E-state index in [1.54, 1.807) is 13.0 Å². The Morgan fingerprint density at radius 3 is 2.30 bits per heavy atom. The highest BCUT2D eigenvalue weighted by molar-refractivity contribution is 6.31. The highest BCUT2D eigenvalue weighted by Crippen LogP contribution is 2.34. The molecule has 0 atom stereocenters. The number of benzene rings is 2. The normalized spacial score (nSPS) is 11.5. The number of carbonyl (C=O) groups excluding carboxylic acids is 1. The Labute approximate surface area is 162 Å². The van der Waals surface area contributed by atoms with Crippen LogP contribution in [-0.2, 0) is 6.18 Å². The molecule has 140 valence electrons. The molecule has 3 rings (SSSR count). The number of nitrogens with one attached hydrogen (secondary N) is 1. The first kappa shape index (κ1) is 19.3. The third kappa shape index (κ3) is 4.09. The lowest BCUT2D eigenvalue weighted by atomic mass is 10.1.